The van der Waals surface area contributed by atoms with Crippen LogP contribution in [0.15, 0.2) is 32.9 Å². The monoisotopic (exact) mass is 495 g/mol. The molecule has 1 saturated heterocycles. The van der Waals surface area contributed by atoms with Crippen LogP contribution >= 0.6 is 11.6 Å². The van der Waals surface area contributed by atoms with E-state index < -0.39 is 16.1 Å². The Bertz CT molecular complexity index is 1040. The first kappa shape index (κ1) is 25.2. The third kappa shape index (κ3) is 5.93. The van der Waals surface area contributed by atoms with Crippen molar-refractivity contribution in [1.29, 1.82) is 5.26 Å². The summed E-state index contributed by atoms with van der Waals surface area (Å²) >= 11 is 6.22. The Kier molecular flexibility index (Phi) is 8.15. The molecule has 0 saturated carbocycles. The van der Waals surface area contributed by atoms with E-state index in [1.165, 1.54) is 4.31 Å². The van der Waals surface area contributed by atoms with Gasteiger partial charge in [0.1, 0.15) is 0 Å². The van der Waals surface area contributed by atoms with Crippen LogP contribution in [0.2, 0.25) is 0 Å². The van der Waals surface area contributed by atoms with E-state index in [0.29, 0.717) is 31.2 Å². The number of guanidine groups is 1. The minimum absolute atomic E-state index is 0.0977. The molecule has 0 spiro atoms. The summed E-state index contributed by atoms with van der Waals surface area (Å²) in [7, 11) is -3.45. The van der Waals surface area contributed by atoms with Gasteiger partial charge < -0.3 is 4.90 Å². The molecule has 2 heterocycles. The molecule has 12 heteroatoms. The average molecular weight is 496 g/mol. The van der Waals surface area contributed by atoms with Crippen molar-refractivity contribution in [3.8, 4) is 6.19 Å². The van der Waals surface area contributed by atoms with Gasteiger partial charge in [0.15, 0.2) is 6.19 Å². The highest BCUT2D eigenvalue weighted by Crippen LogP contribution is 2.32. The zero-order valence-electron chi connectivity index (χ0n) is 19.2. The van der Waals surface area contributed by atoms with Crippen LogP contribution in [0.1, 0.15) is 33.1 Å². The van der Waals surface area contributed by atoms with E-state index in [0.717, 1.165) is 29.7 Å². The van der Waals surface area contributed by atoms with E-state index in [-0.39, 0.29) is 31.5 Å². The number of halogens is 1. The van der Waals surface area contributed by atoms with Crippen LogP contribution in [0.3, 0.4) is 0 Å². The van der Waals surface area contributed by atoms with Crippen LogP contribution in [0.4, 0.5) is 0 Å². The second-order valence-corrected chi connectivity index (χ2v) is 10.9. The molecule has 0 bridgehead atoms. The van der Waals surface area contributed by atoms with Crippen LogP contribution in [-0.2, 0) is 14.8 Å². The molecule has 0 aromatic carbocycles. The zero-order chi connectivity index (χ0) is 24.2. The third-order valence-corrected chi connectivity index (χ3v) is 7.44. The summed E-state index contributed by atoms with van der Waals surface area (Å²) in [4.78, 5) is 19.2. The maximum Gasteiger partial charge on any atom is 0.238 e. The topological polar surface area (TPSA) is 121 Å². The van der Waals surface area contributed by atoms with Gasteiger partial charge in [-0.1, -0.05) is 37.9 Å². The predicted octanol–water partition coefficient (Wildman–Crippen LogP) is 1.45. The van der Waals surface area contributed by atoms with E-state index in [1.54, 1.807) is 9.91 Å². The first-order chi connectivity index (χ1) is 15.7. The molecule has 2 aliphatic heterocycles. The largest absolute Gasteiger partial charge is 0.330 e. The number of rotatable bonds is 6. The van der Waals surface area contributed by atoms with Gasteiger partial charge in [0.2, 0.25) is 21.9 Å². The van der Waals surface area contributed by atoms with Crippen molar-refractivity contribution in [3.05, 3.63) is 22.8 Å². The van der Waals surface area contributed by atoms with Crippen LogP contribution in [0.5, 0.6) is 0 Å². The molecular weight excluding hydrogens is 466 g/mol. The number of nitrogens with one attached hydrogen (secondary N) is 1. The smallest absolute Gasteiger partial charge is 0.238 e. The molecule has 1 aliphatic carbocycles. The lowest BCUT2D eigenvalue weighted by atomic mass is 9.87. The molecule has 0 aromatic heterocycles. The Morgan fingerprint density at radius 3 is 2.76 bits per heavy atom. The molecule has 3 rings (SSSR count). The summed E-state index contributed by atoms with van der Waals surface area (Å²) in [5.74, 6) is 0.160. The fourth-order valence-electron chi connectivity index (χ4n) is 4.13. The average Bonchev–Trinajstić information content (AvgIpc) is 3.17. The lowest BCUT2D eigenvalue weighted by Crippen LogP contribution is -2.58. The van der Waals surface area contributed by atoms with Gasteiger partial charge in [0.25, 0.3) is 0 Å². The SMILES string of the molecule is CCCCN=C(NC#N)N1CC(N2CCN(S(C)(=O)=O)CC2=O)C(C2=CC=C(Cl)CC2C)=N1. The van der Waals surface area contributed by atoms with Crippen molar-refractivity contribution in [2.24, 2.45) is 16.0 Å². The van der Waals surface area contributed by atoms with Crippen molar-refractivity contribution in [2.75, 3.05) is 39.0 Å². The number of nitrogens with zero attached hydrogens (tertiary/aromatic N) is 6. The van der Waals surface area contributed by atoms with E-state index in [2.05, 4.69) is 24.2 Å². The quantitative estimate of drug-likeness (QED) is 0.196. The maximum absolute atomic E-state index is 13.0. The number of aliphatic imine (C=N–C) groups is 1. The van der Waals surface area contributed by atoms with Gasteiger partial charge in [-0.25, -0.2) is 13.4 Å². The zero-order valence-corrected chi connectivity index (χ0v) is 20.7. The Balaban J connectivity index is 1.93. The molecule has 3 aliphatic rings. The fraction of sp³-hybridized carbons (Fsp3) is 0.619. The Hall–Kier alpha value is -2.42. The van der Waals surface area contributed by atoms with Gasteiger partial charge >= 0.3 is 0 Å². The number of unbranched alkanes of at least 4 members (excludes halogenated alkanes) is 1. The van der Waals surface area contributed by atoms with Crippen molar-refractivity contribution in [1.82, 2.24) is 19.5 Å². The molecule has 1 fully saturated rings. The normalized spacial score (nSPS) is 24.9. The number of nitriles is 1. The molecule has 1 N–H and O–H groups in total. The predicted molar refractivity (Wildman–Crippen MR) is 128 cm³/mol. The fourth-order valence-corrected chi connectivity index (χ4v) is 5.18. The highest BCUT2D eigenvalue weighted by Gasteiger charge is 2.41. The van der Waals surface area contributed by atoms with Crippen LogP contribution in [0.25, 0.3) is 0 Å². The minimum atomic E-state index is -3.45. The van der Waals surface area contributed by atoms with Crippen LogP contribution in [0, 0.1) is 17.4 Å². The second-order valence-electron chi connectivity index (χ2n) is 8.40. The van der Waals surface area contributed by atoms with Gasteiger partial charge in [0.05, 0.1) is 31.1 Å². The maximum atomic E-state index is 13.0. The van der Waals surface area contributed by atoms with Gasteiger partial charge in [-0.2, -0.15) is 14.7 Å². The number of sulfonamides is 1. The molecule has 0 radical (unpaired) electrons. The van der Waals surface area contributed by atoms with Gasteiger partial charge in [0, 0.05) is 24.7 Å². The Labute approximate surface area is 200 Å². The minimum Gasteiger partial charge on any atom is -0.330 e. The van der Waals surface area contributed by atoms with Gasteiger partial charge in [-0.3, -0.25) is 15.1 Å². The van der Waals surface area contributed by atoms with Gasteiger partial charge in [-0.15, -0.1) is 0 Å². The lowest BCUT2D eigenvalue weighted by Gasteiger charge is -2.37. The Morgan fingerprint density at radius 1 is 1.39 bits per heavy atom. The molecule has 2 unspecified atom stereocenters. The van der Waals surface area contributed by atoms with Crippen molar-refractivity contribution in [3.63, 3.8) is 0 Å². The highest BCUT2D eigenvalue weighted by molar-refractivity contribution is 7.88. The summed E-state index contributed by atoms with van der Waals surface area (Å²) in [6, 6.07) is -0.393. The van der Waals surface area contributed by atoms with Crippen LogP contribution < -0.4 is 5.32 Å². The number of hydrogen-bond acceptors (Lipinski definition) is 6. The van der Waals surface area contributed by atoms with Crippen molar-refractivity contribution in [2.45, 2.75) is 39.2 Å². The van der Waals surface area contributed by atoms with Crippen molar-refractivity contribution >= 4 is 39.2 Å². The van der Waals surface area contributed by atoms with E-state index >= 15 is 0 Å². The second kappa shape index (κ2) is 10.7. The molecule has 2 atom stereocenters. The number of piperazine rings is 1. The molecule has 33 heavy (non-hydrogen) atoms. The third-order valence-electron chi connectivity index (χ3n) is 5.91. The van der Waals surface area contributed by atoms with E-state index in [1.807, 2.05) is 18.3 Å². The highest BCUT2D eigenvalue weighted by atomic mass is 35.5. The summed E-state index contributed by atoms with van der Waals surface area (Å²) in [6.45, 7) is 5.27. The first-order valence-corrected chi connectivity index (χ1v) is 13.2. The summed E-state index contributed by atoms with van der Waals surface area (Å²) in [5.41, 5.74) is 1.68. The molecule has 10 nitrogen and oxygen atoms in total. The molecule has 1 amide bonds. The number of carbonyl (C=O) groups excluding carboxylic acids is 1. The summed E-state index contributed by atoms with van der Waals surface area (Å²) < 4.78 is 25.0. The summed E-state index contributed by atoms with van der Waals surface area (Å²) in [6.07, 6.45) is 9.31. The number of hydrogen-bond donors (Lipinski definition) is 1. The standard InChI is InChI=1S/C21H30ClN7O3S/c1-4-5-8-24-21(25-14-23)29-12-18(20(26-29)17-7-6-16(22)11-15(17)2)28-10-9-27(13-19(28)30)33(3,31)32/h6-7,15,18H,4-5,8-13H2,1-3H3,(H,24,25). The first-order valence-electron chi connectivity index (χ1n) is 11.0. The van der Waals surface area contributed by atoms with E-state index in [4.69, 9.17) is 16.7 Å². The summed E-state index contributed by atoms with van der Waals surface area (Å²) in [5, 5.41) is 19.0. The van der Waals surface area contributed by atoms with E-state index in [9.17, 15) is 18.5 Å². The lowest BCUT2D eigenvalue weighted by molar-refractivity contribution is -0.135. The Morgan fingerprint density at radius 2 is 2.15 bits per heavy atom. The van der Waals surface area contributed by atoms with Crippen molar-refractivity contribution < 1.29 is 13.2 Å². The molecule has 0 aromatic rings. The molecular formula is C21H30ClN7O3S. The van der Waals surface area contributed by atoms with Crippen LogP contribution in [-0.4, -0.2) is 85.2 Å². The number of carbonyl (C=O) groups is 1. The number of hydrazone groups is 1. The van der Waals surface area contributed by atoms with Gasteiger partial charge in [-0.05, 0) is 30.4 Å². The molecule has 180 valence electrons. The number of amides is 1. The number of allylic oxidation sites excluding steroid dienone is 3.